The third kappa shape index (κ3) is 5.50. The average molecular weight is 466 g/mol. The van der Waals surface area contributed by atoms with Crippen molar-refractivity contribution in [1.82, 2.24) is 9.29 Å². The second-order valence-electron chi connectivity index (χ2n) is 7.51. The summed E-state index contributed by atoms with van der Waals surface area (Å²) >= 11 is 1.28. The number of nitrogens with zero attached hydrogens (tertiary/aromatic N) is 3. The molecule has 0 spiro atoms. The highest BCUT2D eigenvalue weighted by molar-refractivity contribution is 7.89. The van der Waals surface area contributed by atoms with Crippen molar-refractivity contribution in [2.45, 2.75) is 52.7 Å². The van der Waals surface area contributed by atoms with Gasteiger partial charge in [0.05, 0.1) is 17.1 Å². The lowest BCUT2D eigenvalue weighted by Gasteiger charge is -2.22. The van der Waals surface area contributed by atoms with Crippen LogP contribution in [-0.4, -0.2) is 47.9 Å². The van der Waals surface area contributed by atoms with Crippen LogP contribution >= 0.6 is 11.3 Å². The summed E-state index contributed by atoms with van der Waals surface area (Å²) < 4.78 is 31.4. The Hall–Kier alpha value is -2.30. The lowest BCUT2D eigenvalue weighted by molar-refractivity contribution is -0.148. The summed E-state index contributed by atoms with van der Waals surface area (Å²) in [5, 5.41) is 2.21. The summed E-state index contributed by atoms with van der Waals surface area (Å²) in [6, 6.07) is 6.77. The Morgan fingerprint density at radius 3 is 2.81 bits per heavy atom. The molecule has 0 bridgehead atoms. The van der Waals surface area contributed by atoms with Crippen molar-refractivity contribution in [2.24, 2.45) is 0 Å². The number of aryl methyl sites for hydroxylation is 1. The van der Waals surface area contributed by atoms with E-state index in [1.165, 1.54) is 27.5 Å². The minimum Gasteiger partial charge on any atom is -0.458 e. The molecule has 1 aliphatic heterocycles. The lowest BCUT2D eigenvalue weighted by Crippen LogP contribution is -2.42. The van der Waals surface area contributed by atoms with Crippen LogP contribution in [0.1, 0.15) is 44.4 Å². The quantitative estimate of drug-likeness (QED) is 0.555. The molecule has 1 fully saturated rings. The lowest BCUT2D eigenvalue weighted by atomic mass is 10.2. The molecule has 2 aromatic rings. The maximum atomic E-state index is 12.6. The maximum absolute atomic E-state index is 12.6. The number of hydrogen-bond acceptors (Lipinski definition) is 7. The molecule has 10 heteroatoms. The molecule has 2 heterocycles. The number of carbonyl (C=O) groups excluding carboxylic acids is 2. The average Bonchev–Trinajstić information content (AvgIpc) is 3.36. The number of hydrogen-bond donors (Lipinski definition) is 0. The first-order valence-corrected chi connectivity index (χ1v) is 12.7. The van der Waals surface area contributed by atoms with Gasteiger partial charge in [0.1, 0.15) is 12.6 Å². The topological polar surface area (TPSA) is 96.9 Å². The summed E-state index contributed by atoms with van der Waals surface area (Å²) in [7, 11) is -3.46. The second kappa shape index (κ2) is 9.88. The Morgan fingerprint density at radius 2 is 2.13 bits per heavy atom. The number of sulfonamides is 1. The number of thiazole rings is 1. The van der Waals surface area contributed by atoms with Crippen LogP contribution in [0.4, 0.5) is 10.8 Å². The summed E-state index contributed by atoms with van der Waals surface area (Å²) in [4.78, 5) is 30.8. The van der Waals surface area contributed by atoms with Crippen molar-refractivity contribution in [3.63, 3.8) is 0 Å². The molecule has 1 aliphatic rings. The zero-order valence-corrected chi connectivity index (χ0v) is 19.5. The molecule has 31 heavy (non-hydrogen) atoms. The Kier molecular flexibility index (Phi) is 7.45. The van der Waals surface area contributed by atoms with Crippen LogP contribution in [0.5, 0.6) is 0 Å². The Bertz CT molecular complexity index is 1050. The molecule has 1 atom stereocenters. The zero-order valence-electron chi connectivity index (χ0n) is 17.9. The summed E-state index contributed by atoms with van der Waals surface area (Å²) in [6.07, 6.45) is 1.58. The zero-order chi connectivity index (χ0) is 22.6. The first kappa shape index (κ1) is 23.4. The number of benzene rings is 1. The van der Waals surface area contributed by atoms with Gasteiger partial charge >= 0.3 is 5.97 Å². The standard InChI is InChI=1S/C21H27N3O5S2/c1-4-11-31(27,28)23-10-6-9-19(23)20(26)29-13-17-14-30-21(22-17)24(16(3)25)18-8-5-7-15(2)12-18/h5,7-8,12,14,19H,4,6,9-11,13H2,1-3H3/t19-/m1/s1. The Labute approximate surface area is 186 Å². The fraction of sp³-hybridized carbons (Fsp3) is 0.476. The second-order valence-corrected chi connectivity index (χ2v) is 10.4. The third-order valence-corrected chi connectivity index (χ3v) is 7.91. The molecule has 3 rings (SSSR count). The molecule has 1 aromatic heterocycles. The molecule has 168 valence electrons. The molecule has 0 radical (unpaired) electrons. The van der Waals surface area contributed by atoms with Gasteiger partial charge in [-0.15, -0.1) is 11.3 Å². The predicted octanol–water partition coefficient (Wildman–Crippen LogP) is 3.38. The van der Waals surface area contributed by atoms with Gasteiger partial charge in [0, 0.05) is 18.8 Å². The van der Waals surface area contributed by atoms with E-state index in [4.69, 9.17) is 4.74 Å². The fourth-order valence-electron chi connectivity index (χ4n) is 3.58. The molecule has 0 N–H and O–H groups in total. The Morgan fingerprint density at radius 1 is 1.35 bits per heavy atom. The van der Waals surface area contributed by atoms with Crippen LogP contribution in [0.3, 0.4) is 0 Å². The SMILES string of the molecule is CCCS(=O)(=O)N1CCC[C@@H]1C(=O)OCc1csc(N(C(C)=O)c2cccc(C)c2)n1. The molecule has 0 unspecified atom stereocenters. The first-order chi connectivity index (χ1) is 14.7. The van der Waals surface area contributed by atoms with Crippen LogP contribution in [0.25, 0.3) is 0 Å². The molecule has 0 aliphatic carbocycles. The van der Waals surface area contributed by atoms with Gasteiger partial charge < -0.3 is 4.74 Å². The normalized spacial score (nSPS) is 16.9. The highest BCUT2D eigenvalue weighted by atomic mass is 32.2. The smallest absolute Gasteiger partial charge is 0.324 e. The van der Waals surface area contributed by atoms with Gasteiger partial charge in [0.2, 0.25) is 15.9 Å². The van der Waals surface area contributed by atoms with Crippen LogP contribution in [-0.2, 0) is 31.0 Å². The number of esters is 1. The maximum Gasteiger partial charge on any atom is 0.324 e. The van der Waals surface area contributed by atoms with Crippen LogP contribution in [0.2, 0.25) is 0 Å². The number of carbonyl (C=O) groups is 2. The van der Waals surface area contributed by atoms with E-state index in [0.717, 1.165) is 5.56 Å². The molecule has 1 aromatic carbocycles. The van der Waals surface area contributed by atoms with E-state index in [0.29, 0.717) is 42.3 Å². The van der Waals surface area contributed by atoms with Crippen molar-refractivity contribution in [1.29, 1.82) is 0 Å². The number of anilines is 2. The van der Waals surface area contributed by atoms with Gasteiger partial charge in [-0.3, -0.25) is 14.5 Å². The van der Waals surface area contributed by atoms with Crippen LogP contribution in [0, 0.1) is 6.92 Å². The molecule has 0 saturated carbocycles. The first-order valence-electron chi connectivity index (χ1n) is 10.2. The van der Waals surface area contributed by atoms with Crippen molar-refractivity contribution >= 4 is 44.1 Å². The predicted molar refractivity (Wildman–Crippen MR) is 120 cm³/mol. The summed E-state index contributed by atoms with van der Waals surface area (Å²) in [5.74, 6) is -0.716. The number of amides is 1. The van der Waals surface area contributed by atoms with E-state index in [1.807, 2.05) is 31.2 Å². The van der Waals surface area contributed by atoms with Crippen molar-refractivity contribution in [3.8, 4) is 0 Å². The summed E-state index contributed by atoms with van der Waals surface area (Å²) in [5.41, 5.74) is 2.25. The van der Waals surface area contributed by atoms with Crippen LogP contribution in [0.15, 0.2) is 29.6 Å². The molecular formula is C21H27N3O5S2. The fourth-order valence-corrected chi connectivity index (χ4v) is 6.19. The van der Waals surface area contributed by atoms with E-state index in [-0.39, 0.29) is 18.3 Å². The van der Waals surface area contributed by atoms with Crippen molar-refractivity contribution in [3.05, 3.63) is 40.9 Å². The van der Waals surface area contributed by atoms with Crippen molar-refractivity contribution in [2.75, 3.05) is 17.2 Å². The van der Waals surface area contributed by atoms with Gasteiger partial charge in [0.15, 0.2) is 5.13 Å². The number of ether oxygens (including phenoxy) is 1. The highest BCUT2D eigenvalue weighted by Crippen LogP contribution is 2.30. The van der Waals surface area contributed by atoms with E-state index in [2.05, 4.69) is 4.98 Å². The van der Waals surface area contributed by atoms with Gasteiger partial charge in [-0.1, -0.05) is 19.1 Å². The van der Waals surface area contributed by atoms with Gasteiger partial charge in [-0.05, 0) is 43.9 Å². The third-order valence-electron chi connectivity index (χ3n) is 4.96. The molecule has 1 amide bonds. The minimum absolute atomic E-state index is 0.0199. The van der Waals surface area contributed by atoms with E-state index in [1.54, 1.807) is 12.3 Å². The molecule has 1 saturated heterocycles. The largest absolute Gasteiger partial charge is 0.458 e. The van der Waals surface area contributed by atoms with E-state index >= 15 is 0 Å². The van der Waals surface area contributed by atoms with Gasteiger partial charge in [0.25, 0.3) is 0 Å². The monoisotopic (exact) mass is 465 g/mol. The highest BCUT2D eigenvalue weighted by Gasteiger charge is 2.39. The minimum atomic E-state index is -3.46. The molecular weight excluding hydrogens is 438 g/mol. The molecule has 8 nitrogen and oxygen atoms in total. The number of rotatable bonds is 8. The summed E-state index contributed by atoms with van der Waals surface area (Å²) in [6.45, 7) is 5.47. The van der Waals surface area contributed by atoms with E-state index in [9.17, 15) is 18.0 Å². The van der Waals surface area contributed by atoms with Gasteiger partial charge in [-0.2, -0.15) is 4.31 Å². The Balaban J connectivity index is 1.68. The van der Waals surface area contributed by atoms with Crippen LogP contribution < -0.4 is 4.90 Å². The van der Waals surface area contributed by atoms with Crippen molar-refractivity contribution < 1.29 is 22.7 Å². The van der Waals surface area contributed by atoms with Gasteiger partial charge in [-0.25, -0.2) is 13.4 Å². The number of aromatic nitrogens is 1. The van der Waals surface area contributed by atoms with E-state index < -0.39 is 22.0 Å².